The fourth-order valence-electron chi connectivity index (χ4n) is 3.11. The van der Waals surface area contributed by atoms with Crippen molar-refractivity contribution in [1.82, 2.24) is 24.2 Å². The zero-order valence-electron chi connectivity index (χ0n) is 14.4. The van der Waals surface area contributed by atoms with Gasteiger partial charge in [0.1, 0.15) is 0 Å². The van der Waals surface area contributed by atoms with E-state index in [-0.39, 0.29) is 17.0 Å². The third-order valence-corrected chi connectivity index (χ3v) is 6.17. The Bertz CT molecular complexity index is 906. The van der Waals surface area contributed by atoms with Crippen LogP contribution in [0.5, 0.6) is 0 Å². The number of imidazole rings is 1. The van der Waals surface area contributed by atoms with Gasteiger partial charge in [-0.15, -0.1) is 0 Å². The molecule has 25 heavy (non-hydrogen) atoms. The predicted octanol–water partition coefficient (Wildman–Crippen LogP) is 1.01. The number of pyridine rings is 1. The van der Waals surface area contributed by atoms with Crippen molar-refractivity contribution in [3.63, 3.8) is 0 Å². The second-order valence-corrected chi connectivity index (χ2v) is 7.94. The molecular formula is C16H21N5O3S. The van der Waals surface area contributed by atoms with E-state index in [1.165, 1.54) is 16.8 Å². The van der Waals surface area contributed by atoms with Crippen LogP contribution < -0.4 is 5.32 Å². The second kappa shape index (κ2) is 6.57. The number of amides is 1. The number of nitrogens with zero attached hydrogens (tertiary/aromatic N) is 4. The summed E-state index contributed by atoms with van der Waals surface area (Å²) >= 11 is 0. The highest BCUT2D eigenvalue weighted by Crippen LogP contribution is 2.35. The summed E-state index contributed by atoms with van der Waals surface area (Å²) in [7, 11) is -0.382. The van der Waals surface area contributed by atoms with Crippen LogP contribution in [0.3, 0.4) is 0 Å². The summed E-state index contributed by atoms with van der Waals surface area (Å²) in [6.45, 7) is 2.18. The Morgan fingerprint density at radius 2 is 2.12 bits per heavy atom. The molecule has 0 aromatic carbocycles. The van der Waals surface area contributed by atoms with Crippen LogP contribution in [0.2, 0.25) is 0 Å². The minimum Gasteiger partial charge on any atom is -0.355 e. The van der Waals surface area contributed by atoms with Crippen molar-refractivity contribution in [2.45, 2.75) is 30.8 Å². The molecule has 2 aromatic heterocycles. The van der Waals surface area contributed by atoms with Crippen LogP contribution in [0.15, 0.2) is 29.7 Å². The van der Waals surface area contributed by atoms with Crippen LogP contribution >= 0.6 is 0 Å². The first kappa shape index (κ1) is 17.6. The van der Waals surface area contributed by atoms with E-state index in [4.69, 9.17) is 0 Å². The Kier molecular flexibility index (Phi) is 4.61. The maximum Gasteiger partial charge on any atom is 0.262 e. The van der Waals surface area contributed by atoms with Crippen LogP contribution in [-0.2, 0) is 17.1 Å². The molecule has 3 rings (SSSR count). The molecule has 1 fully saturated rings. The lowest BCUT2D eigenvalue weighted by Crippen LogP contribution is -2.31. The van der Waals surface area contributed by atoms with Gasteiger partial charge in [-0.3, -0.25) is 9.78 Å². The summed E-state index contributed by atoms with van der Waals surface area (Å²) in [5, 5.41) is 2.61. The van der Waals surface area contributed by atoms with E-state index < -0.39 is 10.0 Å². The molecule has 134 valence electrons. The highest BCUT2D eigenvalue weighted by Gasteiger charge is 2.38. The molecule has 1 aliphatic heterocycles. The number of hydrogen-bond donors (Lipinski definition) is 1. The van der Waals surface area contributed by atoms with Crippen LogP contribution in [-0.4, -0.2) is 46.8 Å². The van der Waals surface area contributed by atoms with E-state index >= 15 is 0 Å². The zero-order valence-corrected chi connectivity index (χ0v) is 15.2. The number of nitrogens with one attached hydrogen (secondary N) is 1. The quantitative estimate of drug-likeness (QED) is 0.874. The molecule has 0 spiro atoms. The number of sulfonamides is 1. The van der Waals surface area contributed by atoms with Crippen molar-refractivity contribution in [3.05, 3.63) is 41.6 Å². The molecule has 1 atom stereocenters. The van der Waals surface area contributed by atoms with E-state index in [1.807, 2.05) is 0 Å². The molecule has 1 amide bonds. The Balaban J connectivity index is 1.94. The van der Waals surface area contributed by atoms with Gasteiger partial charge in [-0.25, -0.2) is 13.4 Å². The zero-order chi connectivity index (χ0) is 18.2. The van der Waals surface area contributed by atoms with Crippen molar-refractivity contribution < 1.29 is 13.2 Å². The van der Waals surface area contributed by atoms with Crippen LogP contribution in [0.1, 0.15) is 40.6 Å². The van der Waals surface area contributed by atoms with Crippen molar-refractivity contribution in [2.24, 2.45) is 7.05 Å². The fraction of sp³-hybridized carbons (Fsp3) is 0.438. The lowest BCUT2D eigenvalue weighted by molar-refractivity contribution is 0.0962. The van der Waals surface area contributed by atoms with Crippen molar-refractivity contribution in [2.75, 3.05) is 13.6 Å². The lowest BCUT2D eigenvalue weighted by atomic mass is 10.1. The number of aryl methyl sites for hydroxylation is 2. The molecule has 1 saturated heterocycles. The van der Waals surface area contributed by atoms with E-state index in [9.17, 15) is 13.2 Å². The van der Waals surface area contributed by atoms with Gasteiger partial charge in [0.15, 0.2) is 5.03 Å². The number of aromatic nitrogens is 3. The number of hydrogen-bond acceptors (Lipinski definition) is 5. The molecule has 0 bridgehead atoms. The maximum absolute atomic E-state index is 12.9. The molecule has 0 unspecified atom stereocenters. The molecule has 0 saturated carbocycles. The van der Waals surface area contributed by atoms with E-state index in [2.05, 4.69) is 15.3 Å². The molecule has 1 aliphatic rings. The van der Waals surface area contributed by atoms with Gasteiger partial charge in [0, 0.05) is 26.8 Å². The second-order valence-electron chi connectivity index (χ2n) is 6.10. The maximum atomic E-state index is 12.9. The number of rotatable bonds is 4. The van der Waals surface area contributed by atoms with Gasteiger partial charge >= 0.3 is 0 Å². The molecule has 9 heteroatoms. The van der Waals surface area contributed by atoms with E-state index in [1.54, 1.807) is 37.7 Å². The Morgan fingerprint density at radius 1 is 1.36 bits per heavy atom. The highest BCUT2D eigenvalue weighted by molar-refractivity contribution is 7.89. The Morgan fingerprint density at radius 3 is 2.72 bits per heavy atom. The molecule has 8 nitrogen and oxygen atoms in total. The number of carbonyl (C=O) groups excluding carboxylic acids is 1. The number of carbonyl (C=O) groups is 1. The van der Waals surface area contributed by atoms with Gasteiger partial charge in [0.25, 0.3) is 15.9 Å². The van der Waals surface area contributed by atoms with Crippen LogP contribution in [0.4, 0.5) is 0 Å². The summed E-state index contributed by atoms with van der Waals surface area (Å²) in [4.78, 5) is 20.3. The minimum atomic E-state index is -3.68. The normalized spacial score (nSPS) is 18.4. The summed E-state index contributed by atoms with van der Waals surface area (Å²) in [6.07, 6.45) is 4.42. The van der Waals surface area contributed by atoms with Crippen molar-refractivity contribution >= 4 is 15.9 Å². The molecule has 1 N–H and O–H groups in total. The predicted molar refractivity (Wildman–Crippen MR) is 91.4 cm³/mol. The van der Waals surface area contributed by atoms with Crippen molar-refractivity contribution in [1.29, 1.82) is 0 Å². The average Bonchev–Trinajstić information content (AvgIpc) is 3.23. The molecule has 2 aromatic rings. The SMILES string of the molecule is CNC(=O)c1ccc([C@@H]2CCCN2S(=O)(=O)c2cn(C)cn2)nc1C. The van der Waals surface area contributed by atoms with E-state index in [0.29, 0.717) is 29.9 Å². The standard InChI is InChI=1S/C16H21N5O3S/c1-11-12(16(22)17-2)6-7-13(19-11)14-5-4-8-21(14)25(23,24)15-9-20(3)10-18-15/h6-7,9-10,14H,4-5,8H2,1-3H3,(H,17,22)/t14-/m0/s1. The van der Waals surface area contributed by atoms with Crippen LogP contribution in [0, 0.1) is 6.92 Å². The first-order valence-electron chi connectivity index (χ1n) is 8.04. The molecule has 3 heterocycles. The van der Waals surface area contributed by atoms with Gasteiger partial charge in [-0.2, -0.15) is 4.31 Å². The molecular weight excluding hydrogens is 342 g/mol. The topological polar surface area (TPSA) is 97.2 Å². The summed E-state index contributed by atoms with van der Waals surface area (Å²) in [5.74, 6) is -0.207. The lowest BCUT2D eigenvalue weighted by Gasteiger charge is -2.23. The smallest absolute Gasteiger partial charge is 0.262 e. The first-order valence-corrected chi connectivity index (χ1v) is 9.48. The average molecular weight is 363 g/mol. The largest absolute Gasteiger partial charge is 0.355 e. The molecule has 0 aliphatic carbocycles. The Hall–Kier alpha value is -2.26. The third-order valence-electron chi connectivity index (χ3n) is 4.38. The van der Waals surface area contributed by atoms with Gasteiger partial charge in [-0.1, -0.05) is 0 Å². The minimum absolute atomic E-state index is 0.0422. The van der Waals surface area contributed by atoms with Gasteiger partial charge in [-0.05, 0) is 31.9 Å². The van der Waals surface area contributed by atoms with Gasteiger partial charge < -0.3 is 9.88 Å². The molecule has 0 radical (unpaired) electrons. The third kappa shape index (κ3) is 3.16. The summed E-state index contributed by atoms with van der Waals surface area (Å²) in [6, 6.07) is 3.08. The van der Waals surface area contributed by atoms with E-state index in [0.717, 1.165) is 6.42 Å². The fourth-order valence-corrected chi connectivity index (χ4v) is 4.74. The van der Waals surface area contributed by atoms with Gasteiger partial charge in [0.2, 0.25) is 0 Å². The summed E-state index contributed by atoms with van der Waals surface area (Å²) in [5.41, 5.74) is 1.73. The summed E-state index contributed by atoms with van der Waals surface area (Å²) < 4.78 is 28.9. The highest BCUT2D eigenvalue weighted by atomic mass is 32.2. The first-order chi connectivity index (χ1) is 11.8. The van der Waals surface area contributed by atoms with Gasteiger partial charge in [0.05, 0.1) is 29.3 Å². The Labute approximate surface area is 146 Å². The van der Waals surface area contributed by atoms with Crippen molar-refractivity contribution in [3.8, 4) is 0 Å². The van der Waals surface area contributed by atoms with Crippen LogP contribution in [0.25, 0.3) is 0 Å². The monoisotopic (exact) mass is 363 g/mol.